The van der Waals surface area contributed by atoms with Crippen LogP contribution in [0, 0.1) is 17.6 Å². The molecule has 0 amide bonds. The number of benzene rings is 2. The molecule has 0 bridgehead atoms. The second-order valence-electron chi connectivity index (χ2n) is 7.28. The Labute approximate surface area is 157 Å². The maximum atomic E-state index is 14.4. The molecule has 3 N–H and O–H groups in total. The molecule has 1 aliphatic heterocycles. The Kier molecular flexibility index (Phi) is 4.44. The summed E-state index contributed by atoms with van der Waals surface area (Å²) in [7, 11) is 0. The lowest BCUT2D eigenvalue weighted by molar-refractivity contribution is 0.318. The molecule has 1 aromatic heterocycles. The number of aromatic nitrogens is 2. The highest BCUT2D eigenvalue weighted by Crippen LogP contribution is 2.35. The number of hydrogen-bond donors (Lipinski definition) is 2. The van der Waals surface area contributed by atoms with Gasteiger partial charge in [-0.15, -0.1) is 0 Å². The molecule has 1 atom stereocenters. The van der Waals surface area contributed by atoms with E-state index < -0.39 is 11.6 Å². The zero-order valence-electron chi connectivity index (χ0n) is 15.3. The average molecular weight is 368 g/mol. The van der Waals surface area contributed by atoms with Gasteiger partial charge in [0.25, 0.3) is 0 Å². The van der Waals surface area contributed by atoms with Crippen LogP contribution in [-0.4, -0.2) is 16.1 Å². The van der Waals surface area contributed by atoms with Gasteiger partial charge in [0.15, 0.2) is 0 Å². The van der Waals surface area contributed by atoms with Crippen LogP contribution in [-0.2, 0) is 6.54 Å². The van der Waals surface area contributed by atoms with Crippen molar-refractivity contribution in [1.29, 1.82) is 0 Å². The van der Waals surface area contributed by atoms with Crippen LogP contribution in [0.25, 0.3) is 22.4 Å². The molecule has 4 nitrogen and oxygen atoms in total. The number of anilines is 1. The van der Waals surface area contributed by atoms with Crippen LogP contribution >= 0.6 is 0 Å². The predicted molar refractivity (Wildman–Crippen MR) is 103 cm³/mol. The fraction of sp³-hybridized carbons (Fsp3) is 0.286. The fourth-order valence-corrected chi connectivity index (χ4v) is 3.71. The van der Waals surface area contributed by atoms with Gasteiger partial charge in [-0.25, -0.2) is 13.8 Å². The van der Waals surface area contributed by atoms with Gasteiger partial charge < -0.3 is 15.6 Å². The molecule has 0 radical (unpaired) electrons. The van der Waals surface area contributed by atoms with E-state index in [9.17, 15) is 8.78 Å². The highest BCUT2D eigenvalue weighted by Gasteiger charge is 2.28. The fourth-order valence-electron chi connectivity index (χ4n) is 3.71. The summed E-state index contributed by atoms with van der Waals surface area (Å²) >= 11 is 0. The van der Waals surface area contributed by atoms with Crippen LogP contribution in [0.15, 0.2) is 42.5 Å². The quantitative estimate of drug-likeness (QED) is 0.721. The number of nitrogens with zero attached hydrogens (tertiary/aromatic N) is 2. The van der Waals surface area contributed by atoms with Gasteiger partial charge in [-0.05, 0) is 41.8 Å². The van der Waals surface area contributed by atoms with E-state index in [0.29, 0.717) is 35.1 Å². The van der Waals surface area contributed by atoms with Crippen molar-refractivity contribution in [2.24, 2.45) is 5.92 Å². The summed E-state index contributed by atoms with van der Waals surface area (Å²) in [6, 6.07) is 10.9. The molecule has 2 aromatic carbocycles. The SMILES string of the molecule is CC(C)C1CNCc2nc(-c3ccc(F)c(-c4cccc(F)c4)c3)c(N)n21. The lowest BCUT2D eigenvalue weighted by atomic mass is 10.0. The van der Waals surface area contributed by atoms with E-state index in [2.05, 4.69) is 23.7 Å². The smallest absolute Gasteiger partial charge is 0.132 e. The van der Waals surface area contributed by atoms with Crippen LogP contribution in [0.3, 0.4) is 0 Å². The molecular formula is C21H22F2N4. The highest BCUT2D eigenvalue weighted by molar-refractivity contribution is 5.77. The van der Waals surface area contributed by atoms with Crippen LogP contribution in [0.2, 0.25) is 0 Å². The number of imidazole rings is 1. The standard InChI is InChI=1S/C21H22F2N4/c1-12(2)18-10-25-11-19-26-20(21(24)27(18)19)14-6-7-17(23)16(9-14)13-4-3-5-15(22)8-13/h3-9,12,18,25H,10-11,24H2,1-2H3. The first kappa shape index (κ1) is 17.7. The zero-order valence-corrected chi connectivity index (χ0v) is 15.3. The first-order valence-corrected chi connectivity index (χ1v) is 9.09. The zero-order chi connectivity index (χ0) is 19.1. The van der Waals surface area contributed by atoms with E-state index in [1.54, 1.807) is 24.3 Å². The van der Waals surface area contributed by atoms with Gasteiger partial charge in [0.2, 0.25) is 0 Å². The molecule has 27 heavy (non-hydrogen) atoms. The Morgan fingerprint density at radius 1 is 1.15 bits per heavy atom. The van der Waals surface area contributed by atoms with Crippen molar-refractivity contribution < 1.29 is 8.78 Å². The van der Waals surface area contributed by atoms with Crippen molar-refractivity contribution >= 4 is 5.82 Å². The molecule has 3 aromatic rings. The molecule has 0 fully saturated rings. The molecule has 0 saturated heterocycles. The molecule has 1 aliphatic rings. The third-order valence-corrected chi connectivity index (χ3v) is 5.13. The highest BCUT2D eigenvalue weighted by atomic mass is 19.1. The van der Waals surface area contributed by atoms with Crippen LogP contribution in [0.1, 0.15) is 25.7 Å². The van der Waals surface area contributed by atoms with Crippen molar-refractivity contribution in [1.82, 2.24) is 14.9 Å². The summed E-state index contributed by atoms with van der Waals surface area (Å²) in [6.07, 6.45) is 0. The monoisotopic (exact) mass is 368 g/mol. The Balaban J connectivity index is 1.83. The van der Waals surface area contributed by atoms with Crippen LogP contribution < -0.4 is 11.1 Å². The van der Waals surface area contributed by atoms with Crippen molar-refractivity contribution in [2.45, 2.75) is 26.4 Å². The number of nitrogen functional groups attached to an aromatic ring is 1. The second kappa shape index (κ2) is 6.78. The van der Waals surface area contributed by atoms with Crippen molar-refractivity contribution in [3.8, 4) is 22.4 Å². The third kappa shape index (κ3) is 3.10. The summed E-state index contributed by atoms with van der Waals surface area (Å²) in [6.45, 7) is 5.79. The lowest BCUT2D eigenvalue weighted by Crippen LogP contribution is -2.36. The summed E-state index contributed by atoms with van der Waals surface area (Å²) in [5.74, 6) is 1.05. The summed E-state index contributed by atoms with van der Waals surface area (Å²) in [5.41, 5.74) is 8.62. The van der Waals surface area contributed by atoms with E-state index in [-0.39, 0.29) is 6.04 Å². The molecule has 2 heterocycles. The van der Waals surface area contributed by atoms with Gasteiger partial charge in [0.1, 0.15) is 29.0 Å². The number of nitrogens with two attached hydrogens (primary N) is 1. The number of halogens is 2. The number of fused-ring (bicyclic) bond motifs is 1. The molecule has 140 valence electrons. The van der Waals surface area contributed by atoms with Gasteiger partial charge >= 0.3 is 0 Å². The second-order valence-corrected chi connectivity index (χ2v) is 7.28. The maximum Gasteiger partial charge on any atom is 0.132 e. The minimum Gasteiger partial charge on any atom is -0.383 e. The normalized spacial score (nSPS) is 16.6. The van der Waals surface area contributed by atoms with Crippen molar-refractivity contribution in [3.63, 3.8) is 0 Å². The molecule has 0 aliphatic carbocycles. The maximum absolute atomic E-state index is 14.4. The summed E-state index contributed by atoms with van der Waals surface area (Å²) < 4.78 is 30.1. The van der Waals surface area contributed by atoms with Crippen LogP contribution in [0.5, 0.6) is 0 Å². The Bertz CT molecular complexity index is 994. The first-order chi connectivity index (χ1) is 13.0. The Morgan fingerprint density at radius 3 is 2.70 bits per heavy atom. The van der Waals surface area contributed by atoms with Gasteiger partial charge in [-0.1, -0.05) is 26.0 Å². The molecular weight excluding hydrogens is 346 g/mol. The molecule has 1 unspecified atom stereocenters. The minimum absolute atomic E-state index is 0.220. The van der Waals surface area contributed by atoms with E-state index in [1.807, 2.05) is 0 Å². The van der Waals surface area contributed by atoms with Crippen LogP contribution in [0.4, 0.5) is 14.6 Å². The third-order valence-electron chi connectivity index (χ3n) is 5.13. The van der Waals surface area contributed by atoms with Gasteiger partial charge in [-0.3, -0.25) is 0 Å². The average Bonchev–Trinajstić information content (AvgIpc) is 2.99. The van der Waals surface area contributed by atoms with E-state index in [0.717, 1.165) is 17.9 Å². The Morgan fingerprint density at radius 2 is 1.96 bits per heavy atom. The van der Waals surface area contributed by atoms with E-state index in [1.165, 1.54) is 18.2 Å². The van der Waals surface area contributed by atoms with Crippen molar-refractivity contribution in [2.75, 3.05) is 12.3 Å². The lowest BCUT2D eigenvalue weighted by Gasteiger charge is -2.29. The number of hydrogen-bond acceptors (Lipinski definition) is 3. The largest absolute Gasteiger partial charge is 0.383 e. The van der Waals surface area contributed by atoms with Gasteiger partial charge in [0.05, 0.1) is 12.6 Å². The Hall–Kier alpha value is -2.73. The summed E-state index contributed by atoms with van der Waals surface area (Å²) in [5, 5.41) is 3.38. The molecule has 6 heteroatoms. The van der Waals surface area contributed by atoms with E-state index in [4.69, 9.17) is 10.7 Å². The number of rotatable bonds is 3. The molecule has 4 rings (SSSR count). The molecule has 0 spiro atoms. The van der Waals surface area contributed by atoms with Gasteiger partial charge in [0, 0.05) is 17.7 Å². The topological polar surface area (TPSA) is 55.9 Å². The van der Waals surface area contributed by atoms with E-state index >= 15 is 0 Å². The summed E-state index contributed by atoms with van der Waals surface area (Å²) in [4.78, 5) is 4.71. The molecule has 0 saturated carbocycles. The van der Waals surface area contributed by atoms with Gasteiger partial charge in [-0.2, -0.15) is 0 Å². The minimum atomic E-state index is -0.409. The first-order valence-electron chi connectivity index (χ1n) is 9.09. The predicted octanol–water partition coefficient (Wildman–Crippen LogP) is 4.38. The van der Waals surface area contributed by atoms with Crippen molar-refractivity contribution in [3.05, 3.63) is 59.9 Å². The number of nitrogens with one attached hydrogen (secondary N) is 1.